The molecule has 0 spiro atoms. The number of carbonyl (C=O) groups is 2. The number of hydrogen-bond donors (Lipinski definition) is 2. The first-order valence-electron chi connectivity index (χ1n) is 5.69. The Balaban J connectivity index is 2.42. The van der Waals surface area contributed by atoms with E-state index in [2.05, 4.69) is 5.32 Å². The molecular weight excluding hydrogens is 250 g/mol. The summed E-state index contributed by atoms with van der Waals surface area (Å²) >= 11 is 1.62. The molecule has 1 aromatic rings. The number of thioether (sulfide) groups is 1. The lowest BCUT2D eigenvalue weighted by Crippen LogP contribution is -2.26. The lowest BCUT2D eigenvalue weighted by molar-refractivity contribution is -0.141. The van der Waals surface area contributed by atoms with E-state index in [1.54, 1.807) is 30.8 Å². The fraction of sp³-hybridized carbons (Fsp3) is 0.385. The Labute approximate surface area is 111 Å². The summed E-state index contributed by atoms with van der Waals surface area (Å²) in [4.78, 5) is 23.4. The Morgan fingerprint density at radius 3 is 2.44 bits per heavy atom. The van der Waals surface area contributed by atoms with Crippen LogP contribution in [0.1, 0.15) is 23.7 Å². The molecule has 0 aliphatic carbocycles. The molecule has 0 aliphatic heterocycles. The summed E-state index contributed by atoms with van der Waals surface area (Å²) in [6.07, 6.45) is 2.41. The van der Waals surface area contributed by atoms with Crippen LogP contribution in [0, 0.1) is 5.92 Å². The maximum Gasteiger partial charge on any atom is 0.306 e. The number of hydrogen-bond acceptors (Lipinski definition) is 3. The Hall–Kier alpha value is -1.49. The van der Waals surface area contributed by atoms with Crippen LogP contribution in [0.15, 0.2) is 29.2 Å². The van der Waals surface area contributed by atoms with Crippen molar-refractivity contribution in [2.75, 3.05) is 12.8 Å². The van der Waals surface area contributed by atoms with E-state index in [1.165, 1.54) is 0 Å². The number of carboxylic acids is 1. The standard InChI is InChI=1S/C13H17NO3S/c1-9(13(16)17)7-8-14-12(15)10-3-5-11(18-2)6-4-10/h3-6,9H,7-8H2,1-2H3,(H,14,15)(H,16,17). The summed E-state index contributed by atoms with van der Waals surface area (Å²) < 4.78 is 0. The predicted molar refractivity (Wildman–Crippen MR) is 72.0 cm³/mol. The van der Waals surface area contributed by atoms with Crippen molar-refractivity contribution in [2.24, 2.45) is 5.92 Å². The molecule has 0 radical (unpaired) electrons. The third kappa shape index (κ3) is 4.41. The highest BCUT2D eigenvalue weighted by molar-refractivity contribution is 7.98. The van der Waals surface area contributed by atoms with Gasteiger partial charge in [-0.05, 0) is 36.9 Å². The molecule has 0 saturated carbocycles. The first kappa shape index (κ1) is 14.6. The first-order valence-corrected chi connectivity index (χ1v) is 6.92. The molecule has 0 heterocycles. The number of benzene rings is 1. The van der Waals surface area contributed by atoms with Crippen LogP contribution in [-0.2, 0) is 4.79 Å². The summed E-state index contributed by atoms with van der Waals surface area (Å²) in [5.74, 6) is -1.45. The van der Waals surface area contributed by atoms with E-state index in [0.29, 0.717) is 18.5 Å². The summed E-state index contributed by atoms with van der Waals surface area (Å²) in [6, 6.07) is 7.31. The summed E-state index contributed by atoms with van der Waals surface area (Å²) in [5.41, 5.74) is 0.593. The van der Waals surface area contributed by atoms with E-state index < -0.39 is 11.9 Å². The molecule has 18 heavy (non-hydrogen) atoms. The lowest BCUT2D eigenvalue weighted by atomic mass is 10.1. The number of carbonyl (C=O) groups excluding carboxylic acids is 1. The molecule has 1 unspecified atom stereocenters. The van der Waals surface area contributed by atoms with Gasteiger partial charge >= 0.3 is 5.97 Å². The maximum atomic E-state index is 11.7. The van der Waals surface area contributed by atoms with Crippen molar-refractivity contribution in [2.45, 2.75) is 18.2 Å². The zero-order valence-electron chi connectivity index (χ0n) is 10.5. The molecule has 1 rings (SSSR count). The Morgan fingerprint density at radius 2 is 1.94 bits per heavy atom. The van der Waals surface area contributed by atoms with E-state index in [0.717, 1.165) is 4.90 Å². The van der Waals surface area contributed by atoms with Crippen molar-refractivity contribution >= 4 is 23.6 Å². The van der Waals surface area contributed by atoms with Crippen LogP contribution in [0.2, 0.25) is 0 Å². The molecule has 4 nitrogen and oxygen atoms in total. The Kier molecular flexibility index (Phi) is 5.71. The van der Waals surface area contributed by atoms with Gasteiger partial charge in [0.25, 0.3) is 5.91 Å². The van der Waals surface area contributed by atoms with Crippen LogP contribution in [0.25, 0.3) is 0 Å². The first-order chi connectivity index (χ1) is 8.54. The summed E-state index contributed by atoms with van der Waals surface area (Å²) in [6.45, 7) is 2.00. The van der Waals surface area contributed by atoms with E-state index >= 15 is 0 Å². The van der Waals surface area contributed by atoms with E-state index in [4.69, 9.17) is 5.11 Å². The minimum Gasteiger partial charge on any atom is -0.481 e. The van der Waals surface area contributed by atoms with Gasteiger partial charge < -0.3 is 10.4 Å². The molecule has 5 heteroatoms. The van der Waals surface area contributed by atoms with Gasteiger partial charge in [-0.2, -0.15) is 0 Å². The average Bonchev–Trinajstić information content (AvgIpc) is 2.38. The largest absolute Gasteiger partial charge is 0.481 e. The second-order valence-electron chi connectivity index (χ2n) is 4.01. The van der Waals surface area contributed by atoms with Gasteiger partial charge in [0.2, 0.25) is 0 Å². The zero-order chi connectivity index (χ0) is 13.5. The van der Waals surface area contributed by atoms with E-state index in [9.17, 15) is 9.59 Å². The third-order valence-corrected chi connectivity index (χ3v) is 3.38. The predicted octanol–water partition coefficient (Wildman–Crippen LogP) is 2.25. The lowest BCUT2D eigenvalue weighted by Gasteiger charge is -2.08. The highest BCUT2D eigenvalue weighted by Gasteiger charge is 2.11. The van der Waals surface area contributed by atoms with Gasteiger partial charge in [-0.1, -0.05) is 6.92 Å². The van der Waals surface area contributed by atoms with Crippen molar-refractivity contribution in [3.63, 3.8) is 0 Å². The van der Waals surface area contributed by atoms with Crippen molar-refractivity contribution in [3.8, 4) is 0 Å². The minimum absolute atomic E-state index is 0.166. The highest BCUT2D eigenvalue weighted by atomic mass is 32.2. The number of rotatable bonds is 6. The van der Waals surface area contributed by atoms with Gasteiger partial charge in [0.05, 0.1) is 5.92 Å². The van der Waals surface area contributed by atoms with E-state index in [1.807, 2.05) is 18.4 Å². The zero-order valence-corrected chi connectivity index (χ0v) is 11.3. The van der Waals surface area contributed by atoms with Crippen molar-refractivity contribution < 1.29 is 14.7 Å². The maximum absolute atomic E-state index is 11.7. The highest BCUT2D eigenvalue weighted by Crippen LogP contribution is 2.14. The van der Waals surface area contributed by atoms with Crippen molar-refractivity contribution in [3.05, 3.63) is 29.8 Å². The molecule has 1 atom stereocenters. The second-order valence-corrected chi connectivity index (χ2v) is 4.89. The monoisotopic (exact) mass is 267 g/mol. The Bertz CT molecular complexity index is 417. The van der Waals surface area contributed by atoms with Gasteiger partial charge in [0.15, 0.2) is 0 Å². The number of nitrogens with one attached hydrogen (secondary N) is 1. The SMILES string of the molecule is CSc1ccc(C(=O)NCCC(C)C(=O)O)cc1. The molecular formula is C13H17NO3S. The molecule has 0 aromatic heterocycles. The molecule has 0 bridgehead atoms. The molecule has 2 N–H and O–H groups in total. The second kappa shape index (κ2) is 7.06. The fourth-order valence-corrected chi connectivity index (χ4v) is 1.78. The smallest absolute Gasteiger partial charge is 0.306 e. The molecule has 0 fully saturated rings. The topological polar surface area (TPSA) is 66.4 Å². The van der Waals surface area contributed by atoms with Crippen LogP contribution < -0.4 is 5.32 Å². The molecule has 0 saturated heterocycles. The molecule has 98 valence electrons. The summed E-state index contributed by atoms with van der Waals surface area (Å²) in [7, 11) is 0. The van der Waals surface area contributed by atoms with Gasteiger partial charge in [-0.3, -0.25) is 9.59 Å². The van der Waals surface area contributed by atoms with Gasteiger partial charge in [0.1, 0.15) is 0 Å². The van der Waals surface area contributed by atoms with Gasteiger partial charge in [0, 0.05) is 17.0 Å². The van der Waals surface area contributed by atoms with Crippen LogP contribution in [0.4, 0.5) is 0 Å². The quantitative estimate of drug-likeness (QED) is 0.776. The average molecular weight is 267 g/mol. The minimum atomic E-state index is -0.839. The van der Waals surface area contributed by atoms with Crippen LogP contribution in [0.3, 0.4) is 0 Å². The molecule has 0 aliphatic rings. The number of aliphatic carboxylic acids is 1. The van der Waals surface area contributed by atoms with Gasteiger partial charge in [-0.25, -0.2) is 0 Å². The fourth-order valence-electron chi connectivity index (χ4n) is 1.37. The van der Waals surface area contributed by atoms with Crippen LogP contribution in [0.5, 0.6) is 0 Å². The van der Waals surface area contributed by atoms with Crippen LogP contribution in [-0.4, -0.2) is 29.8 Å². The summed E-state index contributed by atoms with van der Waals surface area (Å²) in [5, 5.41) is 11.4. The number of amides is 1. The van der Waals surface area contributed by atoms with Gasteiger partial charge in [-0.15, -0.1) is 11.8 Å². The third-order valence-electron chi connectivity index (χ3n) is 2.64. The van der Waals surface area contributed by atoms with Crippen molar-refractivity contribution in [1.29, 1.82) is 0 Å². The molecule has 1 aromatic carbocycles. The van der Waals surface area contributed by atoms with Crippen molar-refractivity contribution in [1.82, 2.24) is 5.32 Å². The Morgan fingerprint density at radius 1 is 1.33 bits per heavy atom. The van der Waals surface area contributed by atoms with E-state index in [-0.39, 0.29) is 5.91 Å². The normalized spacial score (nSPS) is 11.9. The van der Waals surface area contributed by atoms with Crippen LogP contribution >= 0.6 is 11.8 Å². The number of carboxylic acid groups (broad SMARTS) is 1. The molecule has 1 amide bonds.